The van der Waals surface area contributed by atoms with Gasteiger partial charge in [-0.1, -0.05) is 38.1 Å². The second-order valence-electron chi connectivity index (χ2n) is 9.34. The molecule has 37 heavy (non-hydrogen) atoms. The van der Waals surface area contributed by atoms with Crippen LogP contribution in [0.4, 0.5) is 0 Å². The predicted octanol–water partition coefficient (Wildman–Crippen LogP) is 6.39. The van der Waals surface area contributed by atoms with Crippen molar-refractivity contribution in [1.29, 1.82) is 0 Å². The molecule has 4 aromatic rings. The second kappa shape index (κ2) is 12.9. The van der Waals surface area contributed by atoms with E-state index in [9.17, 15) is 4.79 Å². The van der Waals surface area contributed by atoms with Gasteiger partial charge in [-0.25, -0.2) is 4.98 Å². The topological polar surface area (TPSA) is 65.4 Å². The molecule has 0 aliphatic rings. The SMILES string of the molecule is CCC(C)c1ccc(OCCCCn2c(CCNC(=O)c3ccc(OC)cc3)nc3ccccc32)cc1. The predicted molar refractivity (Wildman–Crippen MR) is 149 cm³/mol. The number of fused-ring (bicyclic) bond motifs is 1. The molecule has 1 aromatic heterocycles. The Morgan fingerprint density at radius 2 is 1.70 bits per heavy atom. The highest BCUT2D eigenvalue weighted by Gasteiger charge is 2.12. The smallest absolute Gasteiger partial charge is 0.251 e. The van der Waals surface area contributed by atoms with Crippen molar-refractivity contribution < 1.29 is 14.3 Å². The summed E-state index contributed by atoms with van der Waals surface area (Å²) in [6.45, 7) is 6.52. The highest BCUT2D eigenvalue weighted by Crippen LogP contribution is 2.22. The first-order valence-corrected chi connectivity index (χ1v) is 13.2. The van der Waals surface area contributed by atoms with Gasteiger partial charge in [0, 0.05) is 25.1 Å². The normalized spacial score (nSPS) is 11.9. The molecule has 6 nitrogen and oxygen atoms in total. The molecule has 0 aliphatic carbocycles. The summed E-state index contributed by atoms with van der Waals surface area (Å²) in [5.41, 5.74) is 4.08. The van der Waals surface area contributed by atoms with Crippen LogP contribution in [0.3, 0.4) is 0 Å². The van der Waals surface area contributed by atoms with Gasteiger partial charge in [0.05, 0.1) is 24.8 Å². The Labute approximate surface area is 219 Å². The monoisotopic (exact) mass is 499 g/mol. The fraction of sp³-hybridized carbons (Fsp3) is 0.355. The number of rotatable bonds is 13. The van der Waals surface area contributed by atoms with E-state index in [1.54, 1.807) is 31.4 Å². The van der Waals surface area contributed by atoms with Gasteiger partial charge in [-0.3, -0.25) is 4.79 Å². The molecule has 1 N–H and O–H groups in total. The van der Waals surface area contributed by atoms with Crippen molar-refractivity contribution >= 4 is 16.9 Å². The Balaban J connectivity index is 1.29. The maximum Gasteiger partial charge on any atom is 0.251 e. The fourth-order valence-electron chi connectivity index (χ4n) is 4.39. The van der Waals surface area contributed by atoms with Crippen LogP contribution < -0.4 is 14.8 Å². The van der Waals surface area contributed by atoms with Crippen LogP contribution in [0.5, 0.6) is 11.5 Å². The molecule has 0 saturated carbocycles. The van der Waals surface area contributed by atoms with Crippen molar-refractivity contribution in [3.05, 3.63) is 89.7 Å². The van der Waals surface area contributed by atoms with Gasteiger partial charge in [-0.05, 0) is 79.3 Å². The lowest BCUT2D eigenvalue weighted by Crippen LogP contribution is -2.26. The number of hydrogen-bond donors (Lipinski definition) is 1. The summed E-state index contributed by atoms with van der Waals surface area (Å²) >= 11 is 0. The summed E-state index contributed by atoms with van der Waals surface area (Å²) < 4.78 is 13.4. The third-order valence-corrected chi connectivity index (χ3v) is 6.83. The number of aromatic nitrogens is 2. The zero-order valence-electron chi connectivity index (χ0n) is 22.1. The van der Waals surface area contributed by atoms with Gasteiger partial charge in [0.2, 0.25) is 0 Å². The largest absolute Gasteiger partial charge is 0.497 e. The van der Waals surface area contributed by atoms with Crippen LogP contribution in [0, 0.1) is 0 Å². The number of unbranched alkanes of at least 4 members (excludes halogenated alkanes) is 1. The molecule has 1 atom stereocenters. The molecule has 0 spiro atoms. The maximum absolute atomic E-state index is 12.5. The fourth-order valence-corrected chi connectivity index (χ4v) is 4.39. The number of imidazole rings is 1. The number of amides is 1. The average Bonchev–Trinajstić information content (AvgIpc) is 3.30. The molecule has 3 aromatic carbocycles. The highest BCUT2D eigenvalue weighted by molar-refractivity contribution is 5.94. The van der Waals surface area contributed by atoms with Crippen LogP contribution in [0.2, 0.25) is 0 Å². The lowest BCUT2D eigenvalue weighted by Gasteiger charge is -2.12. The van der Waals surface area contributed by atoms with Crippen LogP contribution >= 0.6 is 0 Å². The molecular weight excluding hydrogens is 462 g/mol. The van der Waals surface area contributed by atoms with Gasteiger partial charge >= 0.3 is 0 Å². The van der Waals surface area contributed by atoms with E-state index in [1.165, 1.54) is 5.56 Å². The lowest BCUT2D eigenvalue weighted by atomic mass is 9.99. The molecule has 6 heteroatoms. The van der Waals surface area contributed by atoms with Crippen molar-refractivity contribution in [2.45, 2.75) is 52.0 Å². The minimum atomic E-state index is -0.0975. The number of nitrogens with one attached hydrogen (secondary N) is 1. The maximum atomic E-state index is 12.5. The molecule has 0 fully saturated rings. The van der Waals surface area contributed by atoms with Gasteiger partial charge in [-0.15, -0.1) is 0 Å². The summed E-state index contributed by atoms with van der Waals surface area (Å²) in [6.07, 6.45) is 3.74. The molecule has 0 saturated heterocycles. The number of para-hydroxylation sites is 2. The van der Waals surface area contributed by atoms with Crippen molar-refractivity contribution in [2.24, 2.45) is 0 Å². The summed E-state index contributed by atoms with van der Waals surface area (Å²) in [6, 6.07) is 23.8. The Hall–Kier alpha value is -3.80. The number of carbonyl (C=O) groups is 1. The molecule has 1 unspecified atom stereocenters. The number of aryl methyl sites for hydroxylation is 1. The molecule has 1 amide bonds. The van der Waals surface area contributed by atoms with Crippen LogP contribution in [0.1, 0.15) is 60.8 Å². The number of carbonyl (C=O) groups excluding carboxylic acids is 1. The zero-order valence-corrected chi connectivity index (χ0v) is 22.1. The van der Waals surface area contributed by atoms with Crippen molar-refractivity contribution in [3.63, 3.8) is 0 Å². The van der Waals surface area contributed by atoms with Crippen molar-refractivity contribution in [1.82, 2.24) is 14.9 Å². The van der Waals surface area contributed by atoms with E-state index in [4.69, 9.17) is 14.5 Å². The van der Waals surface area contributed by atoms with Crippen molar-refractivity contribution in [2.75, 3.05) is 20.3 Å². The van der Waals surface area contributed by atoms with E-state index < -0.39 is 0 Å². The van der Waals surface area contributed by atoms with Crippen LogP contribution in [-0.4, -0.2) is 35.7 Å². The first kappa shape index (κ1) is 26.3. The quantitative estimate of drug-likeness (QED) is 0.217. The van der Waals surface area contributed by atoms with E-state index in [2.05, 4.69) is 54.1 Å². The third-order valence-electron chi connectivity index (χ3n) is 6.83. The molecule has 0 bridgehead atoms. The molecule has 0 aliphatic heterocycles. The van der Waals surface area contributed by atoms with Crippen LogP contribution in [0.25, 0.3) is 11.0 Å². The second-order valence-corrected chi connectivity index (χ2v) is 9.34. The Morgan fingerprint density at radius 1 is 0.973 bits per heavy atom. The Morgan fingerprint density at radius 3 is 2.43 bits per heavy atom. The summed E-state index contributed by atoms with van der Waals surface area (Å²) in [5.74, 6) is 3.12. The first-order chi connectivity index (χ1) is 18.1. The average molecular weight is 500 g/mol. The minimum Gasteiger partial charge on any atom is -0.497 e. The molecule has 4 rings (SSSR count). The van der Waals surface area contributed by atoms with E-state index >= 15 is 0 Å². The van der Waals surface area contributed by atoms with Gasteiger partial charge in [0.15, 0.2) is 0 Å². The first-order valence-electron chi connectivity index (χ1n) is 13.2. The van der Waals surface area contributed by atoms with E-state index in [0.29, 0.717) is 31.1 Å². The number of ether oxygens (including phenoxy) is 2. The summed E-state index contributed by atoms with van der Waals surface area (Å²) in [5, 5.41) is 3.01. The Bertz CT molecular complexity index is 1280. The van der Waals surface area contributed by atoms with Gasteiger partial charge < -0.3 is 19.4 Å². The number of hydrogen-bond acceptors (Lipinski definition) is 4. The van der Waals surface area contributed by atoms with E-state index in [-0.39, 0.29) is 5.91 Å². The lowest BCUT2D eigenvalue weighted by molar-refractivity contribution is 0.0954. The van der Waals surface area contributed by atoms with Crippen LogP contribution in [-0.2, 0) is 13.0 Å². The standard InChI is InChI=1S/C31H37N3O3/c1-4-23(2)24-11-17-27(18-12-24)37-22-8-7-21-34-29-10-6-5-9-28(29)33-30(34)19-20-32-31(35)25-13-15-26(36-3)16-14-25/h5-6,9-18,23H,4,7-8,19-22H2,1-3H3,(H,32,35). The summed E-state index contributed by atoms with van der Waals surface area (Å²) in [4.78, 5) is 17.4. The van der Waals surface area contributed by atoms with E-state index in [0.717, 1.165) is 54.2 Å². The third kappa shape index (κ3) is 6.91. The van der Waals surface area contributed by atoms with Gasteiger partial charge in [0.25, 0.3) is 5.91 Å². The minimum absolute atomic E-state index is 0.0975. The number of benzene rings is 3. The summed E-state index contributed by atoms with van der Waals surface area (Å²) in [7, 11) is 1.61. The Kier molecular flexibility index (Phi) is 9.19. The molecule has 1 heterocycles. The van der Waals surface area contributed by atoms with Crippen molar-refractivity contribution in [3.8, 4) is 11.5 Å². The molecule has 194 valence electrons. The van der Waals surface area contributed by atoms with Gasteiger partial charge in [0.1, 0.15) is 17.3 Å². The molecular formula is C31H37N3O3. The van der Waals surface area contributed by atoms with Crippen LogP contribution in [0.15, 0.2) is 72.8 Å². The van der Waals surface area contributed by atoms with E-state index in [1.807, 2.05) is 18.2 Å². The molecule has 0 radical (unpaired) electrons. The number of nitrogens with zero attached hydrogens (tertiary/aromatic N) is 2. The number of methoxy groups -OCH3 is 1. The highest BCUT2D eigenvalue weighted by atomic mass is 16.5. The van der Waals surface area contributed by atoms with Gasteiger partial charge in [-0.2, -0.15) is 0 Å². The zero-order chi connectivity index (χ0) is 26.0.